The van der Waals surface area contributed by atoms with E-state index in [1.165, 1.54) is 12.1 Å². The zero-order chi connectivity index (χ0) is 24.8. The number of imidazole rings is 1. The van der Waals surface area contributed by atoms with Crippen LogP contribution in [-0.4, -0.2) is 55.6 Å². The molecule has 1 aromatic heterocycles. The van der Waals surface area contributed by atoms with Crippen LogP contribution in [0.25, 0.3) is 11.0 Å². The summed E-state index contributed by atoms with van der Waals surface area (Å²) in [5, 5.41) is 40.8. The van der Waals surface area contributed by atoms with Crippen LogP contribution >= 0.6 is 0 Å². The Morgan fingerprint density at radius 1 is 0.971 bits per heavy atom. The van der Waals surface area contributed by atoms with Gasteiger partial charge in [-0.1, -0.05) is 18.2 Å². The number of amides is 1. The molecule has 0 radical (unpaired) electrons. The van der Waals surface area contributed by atoms with Crippen LogP contribution in [0.3, 0.4) is 0 Å². The molecule has 1 amide bonds. The number of carbonyl (C=O) groups is 1. The summed E-state index contributed by atoms with van der Waals surface area (Å²) in [6.45, 7) is -0.573. The number of H-pyrrole nitrogens is 1. The van der Waals surface area contributed by atoms with Crippen molar-refractivity contribution in [3.05, 3.63) is 83.2 Å². The van der Waals surface area contributed by atoms with E-state index in [4.69, 9.17) is 4.74 Å². The highest BCUT2D eigenvalue weighted by Gasteiger charge is 2.16. The summed E-state index contributed by atoms with van der Waals surface area (Å²) < 4.78 is 6.04. The molecule has 9 heteroatoms. The normalized spacial score (nSPS) is 11.2. The van der Waals surface area contributed by atoms with Crippen LogP contribution in [-0.2, 0) is 19.4 Å². The lowest BCUT2D eigenvalue weighted by atomic mass is 10.0. The molecule has 182 valence electrons. The fourth-order valence-corrected chi connectivity index (χ4v) is 3.73. The van der Waals surface area contributed by atoms with Crippen molar-refractivity contribution in [1.82, 2.24) is 15.3 Å². The Bertz CT molecular complexity index is 1280. The Balaban J connectivity index is 1.56. The van der Waals surface area contributed by atoms with E-state index in [1.54, 1.807) is 24.3 Å². The second-order valence-electron chi connectivity index (χ2n) is 8.16. The summed E-state index contributed by atoms with van der Waals surface area (Å²) in [6, 6.07) is 16.3. The minimum atomic E-state index is -0.760. The molecule has 3 aromatic carbocycles. The molecule has 4 aromatic rings. The zero-order valence-corrected chi connectivity index (χ0v) is 18.9. The Morgan fingerprint density at radius 2 is 1.74 bits per heavy atom. The number of nitrogens with zero attached hydrogens (tertiary/aromatic N) is 1. The minimum Gasteiger partial charge on any atom is -0.508 e. The largest absolute Gasteiger partial charge is 0.508 e. The maximum absolute atomic E-state index is 12.6. The molecule has 9 nitrogen and oxygen atoms in total. The molecule has 0 aliphatic rings. The van der Waals surface area contributed by atoms with Gasteiger partial charge in [-0.15, -0.1) is 0 Å². The first-order chi connectivity index (χ1) is 17.0. The van der Waals surface area contributed by atoms with Crippen molar-refractivity contribution in [3.63, 3.8) is 0 Å². The molecular weight excluding hydrogens is 450 g/mol. The number of hydrogen-bond donors (Lipinski definition) is 6. The number of carbonyl (C=O) groups excluding carboxylic acids is 1. The van der Waals surface area contributed by atoms with E-state index in [1.807, 2.05) is 24.3 Å². The number of para-hydroxylation sites is 2. The third kappa shape index (κ3) is 5.89. The van der Waals surface area contributed by atoms with Gasteiger partial charge in [-0.05, 0) is 60.4 Å². The first kappa shape index (κ1) is 24.1. The minimum absolute atomic E-state index is 0.0163. The second kappa shape index (κ2) is 10.9. The Labute approximate surface area is 201 Å². The average molecular weight is 478 g/mol. The molecule has 0 aliphatic heterocycles. The molecule has 0 unspecified atom stereocenters. The number of aromatic amines is 1. The van der Waals surface area contributed by atoms with Gasteiger partial charge < -0.3 is 35.5 Å². The van der Waals surface area contributed by atoms with Crippen molar-refractivity contribution in [3.8, 4) is 17.2 Å². The number of aromatic nitrogens is 2. The van der Waals surface area contributed by atoms with Crippen molar-refractivity contribution in [2.24, 2.45) is 0 Å². The van der Waals surface area contributed by atoms with E-state index < -0.39 is 11.9 Å². The Kier molecular flexibility index (Phi) is 7.49. The third-order valence-corrected chi connectivity index (χ3v) is 5.63. The summed E-state index contributed by atoms with van der Waals surface area (Å²) in [5.74, 6) is 0.736. The number of rotatable bonds is 10. The fourth-order valence-electron chi connectivity index (χ4n) is 3.73. The number of aliphatic hydroxyl groups excluding tert-OH is 2. The predicted octanol–water partition coefficient (Wildman–Crippen LogP) is 2.42. The van der Waals surface area contributed by atoms with Crippen LogP contribution in [0.4, 0.5) is 0 Å². The monoisotopic (exact) mass is 477 g/mol. The summed E-state index contributed by atoms with van der Waals surface area (Å²) >= 11 is 0. The van der Waals surface area contributed by atoms with Crippen LogP contribution in [0.15, 0.2) is 60.7 Å². The number of aromatic hydroxyl groups is 2. The molecule has 0 bridgehead atoms. The van der Waals surface area contributed by atoms with Gasteiger partial charge in [0.1, 0.15) is 29.7 Å². The summed E-state index contributed by atoms with van der Waals surface area (Å²) in [7, 11) is 0. The van der Waals surface area contributed by atoms with Crippen molar-refractivity contribution in [2.75, 3.05) is 13.2 Å². The average Bonchev–Trinajstić information content (AvgIpc) is 3.28. The summed E-state index contributed by atoms with van der Waals surface area (Å²) in [6.07, 6.45) is 0.881. The lowest BCUT2D eigenvalue weighted by molar-refractivity contribution is 0.0879. The smallest absolute Gasteiger partial charge is 0.251 e. The van der Waals surface area contributed by atoms with Gasteiger partial charge in [0, 0.05) is 11.6 Å². The van der Waals surface area contributed by atoms with E-state index in [9.17, 15) is 25.2 Å². The SMILES string of the molecule is O=C(NC(CO)CO)c1ccc(OCc2nc3ccccc3[nH]2)c(CCc2ccc(O)cc2O)c1. The van der Waals surface area contributed by atoms with Crippen molar-refractivity contribution in [1.29, 1.82) is 0 Å². The van der Waals surface area contributed by atoms with Crippen LogP contribution in [0, 0.1) is 0 Å². The van der Waals surface area contributed by atoms with Crippen molar-refractivity contribution >= 4 is 16.9 Å². The van der Waals surface area contributed by atoms with E-state index in [0.717, 1.165) is 16.6 Å². The molecule has 6 N–H and O–H groups in total. The number of aliphatic hydroxyl groups is 2. The second-order valence-corrected chi connectivity index (χ2v) is 8.16. The maximum atomic E-state index is 12.6. The Morgan fingerprint density at radius 3 is 2.49 bits per heavy atom. The molecule has 0 saturated heterocycles. The van der Waals surface area contributed by atoms with Gasteiger partial charge in [-0.25, -0.2) is 4.98 Å². The number of aryl methyl sites for hydroxylation is 2. The summed E-state index contributed by atoms with van der Waals surface area (Å²) in [4.78, 5) is 20.4. The number of hydrogen-bond acceptors (Lipinski definition) is 7. The van der Waals surface area contributed by atoms with Gasteiger partial charge >= 0.3 is 0 Å². The Hall–Kier alpha value is -4.08. The van der Waals surface area contributed by atoms with E-state index in [-0.39, 0.29) is 31.3 Å². The molecule has 0 atom stereocenters. The van der Waals surface area contributed by atoms with Gasteiger partial charge in [-0.3, -0.25) is 4.79 Å². The number of phenols is 2. The maximum Gasteiger partial charge on any atom is 0.251 e. The van der Waals surface area contributed by atoms with Crippen LogP contribution in [0.1, 0.15) is 27.3 Å². The summed E-state index contributed by atoms with van der Waals surface area (Å²) in [5.41, 5.74) is 3.46. The third-order valence-electron chi connectivity index (χ3n) is 5.63. The van der Waals surface area contributed by atoms with Crippen molar-refractivity contribution in [2.45, 2.75) is 25.5 Å². The van der Waals surface area contributed by atoms with Crippen LogP contribution in [0.2, 0.25) is 0 Å². The number of ether oxygens (including phenoxy) is 1. The number of benzene rings is 3. The molecule has 0 spiro atoms. The van der Waals surface area contributed by atoms with Gasteiger partial charge in [0.25, 0.3) is 5.91 Å². The number of fused-ring (bicyclic) bond motifs is 1. The van der Waals surface area contributed by atoms with Gasteiger partial charge in [0.05, 0.1) is 30.3 Å². The molecule has 0 aliphatic carbocycles. The predicted molar refractivity (Wildman–Crippen MR) is 129 cm³/mol. The topological polar surface area (TPSA) is 148 Å². The van der Waals surface area contributed by atoms with Gasteiger partial charge in [0.15, 0.2) is 0 Å². The quantitative estimate of drug-likeness (QED) is 0.205. The lowest BCUT2D eigenvalue weighted by Crippen LogP contribution is -2.40. The highest BCUT2D eigenvalue weighted by Crippen LogP contribution is 2.27. The molecular formula is C26H27N3O6. The van der Waals surface area contributed by atoms with Crippen molar-refractivity contribution < 1.29 is 30.0 Å². The molecule has 0 fully saturated rings. The first-order valence-electron chi connectivity index (χ1n) is 11.2. The number of phenolic OH excluding ortho intramolecular Hbond substituents is 2. The van der Waals surface area contributed by atoms with E-state index in [0.29, 0.717) is 35.5 Å². The molecule has 0 saturated carbocycles. The number of nitrogens with one attached hydrogen (secondary N) is 2. The molecule has 35 heavy (non-hydrogen) atoms. The zero-order valence-electron chi connectivity index (χ0n) is 18.9. The standard InChI is InChI=1S/C26H27N3O6/c30-13-19(14-31)27-26(34)18-8-10-24(35-15-25-28-21-3-1-2-4-22(21)29-25)17(11-18)6-5-16-7-9-20(32)12-23(16)33/h1-4,7-12,19,30-33H,5-6,13-15H2,(H,27,34)(H,28,29). The molecule has 4 rings (SSSR count). The highest BCUT2D eigenvalue weighted by atomic mass is 16.5. The van der Waals surface area contributed by atoms with E-state index >= 15 is 0 Å². The van der Waals surface area contributed by atoms with Gasteiger partial charge in [-0.2, -0.15) is 0 Å². The fraction of sp³-hybridized carbons (Fsp3) is 0.231. The van der Waals surface area contributed by atoms with Crippen LogP contribution < -0.4 is 10.1 Å². The van der Waals surface area contributed by atoms with Gasteiger partial charge in [0.2, 0.25) is 0 Å². The lowest BCUT2D eigenvalue weighted by Gasteiger charge is -2.16. The highest BCUT2D eigenvalue weighted by molar-refractivity contribution is 5.94. The van der Waals surface area contributed by atoms with E-state index in [2.05, 4.69) is 15.3 Å². The van der Waals surface area contributed by atoms with Crippen LogP contribution in [0.5, 0.6) is 17.2 Å². The first-order valence-corrected chi connectivity index (χ1v) is 11.2. The molecule has 1 heterocycles.